The Morgan fingerprint density at radius 2 is 1.50 bits per heavy atom. The van der Waals surface area contributed by atoms with Crippen molar-refractivity contribution < 1.29 is 9.59 Å². The Morgan fingerprint density at radius 3 is 2.12 bits per heavy atom. The molecule has 0 unspecified atom stereocenters. The molecule has 0 spiro atoms. The maximum atomic E-state index is 12.7. The lowest BCUT2D eigenvalue weighted by molar-refractivity contribution is 0.0746. The average molecular weight is 429 g/mol. The van der Waals surface area contributed by atoms with Crippen LogP contribution in [-0.4, -0.2) is 49.9 Å². The predicted molar refractivity (Wildman–Crippen MR) is 128 cm³/mol. The van der Waals surface area contributed by atoms with E-state index in [1.807, 2.05) is 77.5 Å². The summed E-state index contributed by atoms with van der Waals surface area (Å²) in [5.41, 5.74) is 9.87. The predicted octanol–water partition coefficient (Wildman–Crippen LogP) is 3.38. The fraction of sp³-hybridized carbons (Fsp3) is 0.231. The maximum absolute atomic E-state index is 12.7. The van der Waals surface area contributed by atoms with Gasteiger partial charge in [-0.05, 0) is 35.9 Å². The second-order valence-electron chi connectivity index (χ2n) is 8.05. The zero-order valence-corrected chi connectivity index (χ0v) is 18.3. The SMILES string of the molecule is CN(Cc1ccccc1)c1cc(N2CCN(C(=O)c3ccccc3)CC2)ccc1C(N)=O. The molecule has 0 radical (unpaired) electrons. The van der Waals surface area contributed by atoms with E-state index in [2.05, 4.69) is 17.0 Å². The van der Waals surface area contributed by atoms with Crippen molar-refractivity contribution >= 4 is 23.2 Å². The quantitative estimate of drug-likeness (QED) is 0.654. The number of nitrogens with zero attached hydrogens (tertiary/aromatic N) is 3. The third-order valence-electron chi connectivity index (χ3n) is 5.87. The van der Waals surface area contributed by atoms with Gasteiger partial charge in [-0.15, -0.1) is 0 Å². The van der Waals surface area contributed by atoms with E-state index in [9.17, 15) is 9.59 Å². The van der Waals surface area contributed by atoms with E-state index < -0.39 is 5.91 Å². The lowest BCUT2D eigenvalue weighted by Gasteiger charge is -2.36. The summed E-state index contributed by atoms with van der Waals surface area (Å²) in [5.74, 6) is -0.373. The van der Waals surface area contributed by atoms with Gasteiger partial charge in [0.25, 0.3) is 11.8 Å². The number of anilines is 2. The summed E-state index contributed by atoms with van der Waals surface area (Å²) >= 11 is 0. The molecular weight excluding hydrogens is 400 g/mol. The highest BCUT2D eigenvalue weighted by molar-refractivity contribution is 5.99. The molecule has 32 heavy (non-hydrogen) atoms. The Kier molecular flexibility index (Phi) is 6.40. The van der Waals surface area contributed by atoms with Gasteiger partial charge in [0.05, 0.1) is 11.3 Å². The van der Waals surface area contributed by atoms with Crippen LogP contribution in [0.15, 0.2) is 78.9 Å². The van der Waals surface area contributed by atoms with Crippen LogP contribution in [-0.2, 0) is 6.54 Å². The zero-order chi connectivity index (χ0) is 22.5. The summed E-state index contributed by atoms with van der Waals surface area (Å²) in [7, 11) is 1.97. The number of rotatable bonds is 6. The van der Waals surface area contributed by atoms with Crippen molar-refractivity contribution in [3.63, 3.8) is 0 Å². The minimum atomic E-state index is -0.440. The van der Waals surface area contributed by atoms with Crippen LogP contribution in [0.4, 0.5) is 11.4 Å². The number of carbonyl (C=O) groups is 2. The third-order valence-corrected chi connectivity index (χ3v) is 5.87. The molecule has 6 heteroatoms. The molecule has 4 rings (SSSR count). The van der Waals surface area contributed by atoms with Gasteiger partial charge in [-0.25, -0.2) is 0 Å². The van der Waals surface area contributed by atoms with Gasteiger partial charge in [0, 0.05) is 51.0 Å². The Morgan fingerprint density at radius 1 is 0.875 bits per heavy atom. The van der Waals surface area contributed by atoms with Crippen LogP contribution in [0, 0.1) is 0 Å². The van der Waals surface area contributed by atoms with Crippen LogP contribution in [0.2, 0.25) is 0 Å². The first-order chi connectivity index (χ1) is 15.5. The number of carbonyl (C=O) groups excluding carboxylic acids is 2. The molecule has 0 atom stereocenters. The Balaban J connectivity index is 1.49. The summed E-state index contributed by atoms with van der Waals surface area (Å²) in [6.45, 7) is 3.44. The minimum absolute atomic E-state index is 0.0672. The van der Waals surface area contributed by atoms with E-state index >= 15 is 0 Å². The molecule has 3 aromatic rings. The summed E-state index contributed by atoms with van der Waals surface area (Å²) in [6, 6.07) is 25.3. The zero-order valence-electron chi connectivity index (χ0n) is 18.3. The van der Waals surface area contributed by atoms with Crippen LogP contribution >= 0.6 is 0 Å². The van der Waals surface area contributed by atoms with Crippen LogP contribution < -0.4 is 15.5 Å². The van der Waals surface area contributed by atoms with Crippen molar-refractivity contribution in [2.45, 2.75) is 6.54 Å². The van der Waals surface area contributed by atoms with Crippen LogP contribution in [0.1, 0.15) is 26.3 Å². The highest BCUT2D eigenvalue weighted by Crippen LogP contribution is 2.28. The number of hydrogen-bond donors (Lipinski definition) is 1. The first kappa shape index (κ1) is 21.4. The molecule has 1 saturated heterocycles. The van der Waals surface area contributed by atoms with Crippen LogP contribution in [0.25, 0.3) is 0 Å². The van der Waals surface area contributed by atoms with E-state index in [4.69, 9.17) is 5.73 Å². The summed E-state index contributed by atoms with van der Waals surface area (Å²) < 4.78 is 0. The number of amides is 2. The van der Waals surface area contributed by atoms with Gasteiger partial charge in [-0.3, -0.25) is 9.59 Å². The van der Waals surface area contributed by atoms with E-state index in [1.54, 1.807) is 6.07 Å². The maximum Gasteiger partial charge on any atom is 0.253 e. The standard InChI is InChI=1S/C26H28N4O2/c1-28(19-20-8-4-2-5-9-20)24-18-22(12-13-23(24)25(27)31)29-14-16-30(17-15-29)26(32)21-10-6-3-7-11-21/h2-13,18H,14-17,19H2,1H3,(H2,27,31). The molecule has 2 amide bonds. The smallest absolute Gasteiger partial charge is 0.253 e. The Labute approximate surface area is 188 Å². The van der Waals surface area contributed by atoms with Crippen LogP contribution in [0.3, 0.4) is 0 Å². The number of benzene rings is 3. The lowest BCUT2D eigenvalue weighted by Crippen LogP contribution is -2.48. The monoisotopic (exact) mass is 428 g/mol. The van der Waals surface area contributed by atoms with Gasteiger partial charge < -0.3 is 20.4 Å². The average Bonchev–Trinajstić information content (AvgIpc) is 2.84. The Bertz CT molecular complexity index is 1080. The molecule has 6 nitrogen and oxygen atoms in total. The molecule has 2 N–H and O–H groups in total. The lowest BCUT2D eigenvalue weighted by atomic mass is 10.1. The number of nitrogens with two attached hydrogens (primary N) is 1. The van der Waals surface area contributed by atoms with Crippen LogP contribution in [0.5, 0.6) is 0 Å². The summed E-state index contributed by atoms with van der Waals surface area (Å²) in [6.07, 6.45) is 0. The number of hydrogen-bond acceptors (Lipinski definition) is 4. The molecular formula is C26H28N4O2. The normalized spacial score (nSPS) is 13.7. The van der Waals surface area contributed by atoms with Gasteiger partial charge in [0.15, 0.2) is 0 Å². The number of piperazine rings is 1. The topological polar surface area (TPSA) is 69.9 Å². The fourth-order valence-electron chi connectivity index (χ4n) is 4.11. The molecule has 164 valence electrons. The molecule has 3 aromatic carbocycles. The van der Waals surface area contributed by atoms with Gasteiger partial charge >= 0.3 is 0 Å². The van der Waals surface area contributed by atoms with Crippen molar-refractivity contribution in [1.29, 1.82) is 0 Å². The molecule has 1 aliphatic rings. The van der Waals surface area contributed by atoms with Gasteiger partial charge in [0.2, 0.25) is 0 Å². The van der Waals surface area contributed by atoms with E-state index in [1.165, 1.54) is 0 Å². The van der Waals surface area contributed by atoms with Crippen molar-refractivity contribution in [1.82, 2.24) is 4.90 Å². The Hall–Kier alpha value is -3.80. The first-order valence-electron chi connectivity index (χ1n) is 10.8. The van der Waals surface area contributed by atoms with E-state index in [0.29, 0.717) is 25.2 Å². The van der Waals surface area contributed by atoms with Crippen molar-refractivity contribution in [2.24, 2.45) is 5.73 Å². The largest absolute Gasteiger partial charge is 0.370 e. The molecule has 0 aliphatic carbocycles. The molecule has 1 heterocycles. The second-order valence-corrected chi connectivity index (χ2v) is 8.05. The van der Waals surface area contributed by atoms with E-state index in [0.717, 1.165) is 35.6 Å². The first-order valence-corrected chi connectivity index (χ1v) is 10.8. The van der Waals surface area contributed by atoms with Crippen molar-refractivity contribution in [2.75, 3.05) is 43.0 Å². The van der Waals surface area contributed by atoms with Gasteiger partial charge in [-0.1, -0.05) is 48.5 Å². The van der Waals surface area contributed by atoms with Crippen molar-refractivity contribution in [3.05, 3.63) is 95.6 Å². The third kappa shape index (κ3) is 4.75. The molecule has 0 bridgehead atoms. The van der Waals surface area contributed by atoms with Gasteiger partial charge in [0.1, 0.15) is 0 Å². The summed E-state index contributed by atoms with van der Waals surface area (Å²) in [4.78, 5) is 31.0. The number of primary amides is 1. The fourth-order valence-corrected chi connectivity index (χ4v) is 4.11. The van der Waals surface area contributed by atoms with Crippen molar-refractivity contribution in [3.8, 4) is 0 Å². The highest BCUT2D eigenvalue weighted by Gasteiger charge is 2.23. The highest BCUT2D eigenvalue weighted by atomic mass is 16.2. The van der Waals surface area contributed by atoms with E-state index in [-0.39, 0.29) is 5.91 Å². The molecule has 1 aliphatic heterocycles. The van der Waals surface area contributed by atoms with Gasteiger partial charge in [-0.2, -0.15) is 0 Å². The molecule has 1 fully saturated rings. The minimum Gasteiger partial charge on any atom is -0.370 e. The molecule has 0 aromatic heterocycles. The second kappa shape index (κ2) is 9.56. The molecule has 0 saturated carbocycles. The summed E-state index contributed by atoms with van der Waals surface area (Å²) in [5, 5.41) is 0.